The predicted molar refractivity (Wildman–Crippen MR) is 79.1 cm³/mol. The Balaban J connectivity index is 2.74. The molecule has 5 nitrogen and oxygen atoms in total. The molecule has 0 aliphatic rings. The largest absolute Gasteiger partial charge is 0.481 e. The zero-order valence-corrected chi connectivity index (χ0v) is 13.3. The molecule has 1 aromatic rings. The highest BCUT2D eigenvalue weighted by molar-refractivity contribution is 5.68. The second-order valence-electron chi connectivity index (χ2n) is 5.61. The zero-order chi connectivity index (χ0) is 17.7. The number of nitrogens with zero attached hydrogens (tertiary/aromatic N) is 1. The van der Waals surface area contributed by atoms with Gasteiger partial charge < -0.3 is 14.8 Å². The van der Waals surface area contributed by atoms with Crippen LogP contribution in [0.2, 0.25) is 0 Å². The Kier molecular flexibility index (Phi) is 6.00. The predicted octanol–water partition coefficient (Wildman–Crippen LogP) is 3.65. The molecule has 1 heterocycles. The van der Waals surface area contributed by atoms with Crippen LogP contribution < -0.4 is 10.1 Å². The van der Waals surface area contributed by atoms with Crippen LogP contribution in [-0.2, 0) is 10.9 Å². The molecule has 0 spiro atoms. The van der Waals surface area contributed by atoms with E-state index in [1.165, 1.54) is 19.3 Å². The second kappa shape index (κ2) is 7.34. The number of alkyl halides is 3. The maximum absolute atomic E-state index is 12.7. The summed E-state index contributed by atoms with van der Waals surface area (Å²) in [5.41, 5.74) is -1.34. The van der Waals surface area contributed by atoms with Gasteiger partial charge in [0.1, 0.15) is 5.60 Å². The van der Waals surface area contributed by atoms with Gasteiger partial charge in [0, 0.05) is 18.3 Å². The Morgan fingerprint density at radius 1 is 1.35 bits per heavy atom. The molecule has 0 saturated heterocycles. The summed E-state index contributed by atoms with van der Waals surface area (Å²) in [4.78, 5) is 15.0. The molecule has 0 atom stereocenters. The molecule has 1 amide bonds. The lowest BCUT2D eigenvalue weighted by atomic mass is 10.2. The fraction of sp³-hybridized carbons (Fsp3) is 0.467. The molecule has 0 aromatic carbocycles. The van der Waals surface area contributed by atoms with Crippen LogP contribution in [-0.4, -0.2) is 30.3 Å². The van der Waals surface area contributed by atoms with Gasteiger partial charge in [-0.15, -0.1) is 0 Å². The Morgan fingerprint density at radius 2 is 2.00 bits per heavy atom. The standard InChI is InChI=1S/C15H19F3N2O3/c1-14(2,3)23-13(21)19-7-5-6-10-8-11(15(16,17)18)9-20-12(10)22-4/h5-6,8-9H,7H2,1-4H3,(H,19,21). The number of halogens is 3. The minimum Gasteiger partial charge on any atom is -0.481 e. The first-order valence-corrected chi connectivity index (χ1v) is 6.77. The fourth-order valence-electron chi connectivity index (χ4n) is 1.56. The molecule has 0 bridgehead atoms. The Bertz CT molecular complexity index is 578. The van der Waals surface area contributed by atoms with E-state index < -0.39 is 23.4 Å². The van der Waals surface area contributed by atoms with Crippen molar-refractivity contribution in [2.75, 3.05) is 13.7 Å². The summed E-state index contributed by atoms with van der Waals surface area (Å²) in [6, 6.07) is 0.926. The summed E-state index contributed by atoms with van der Waals surface area (Å²) < 4.78 is 48.0. The number of hydrogen-bond donors (Lipinski definition) is 1. The van der Waals surface area contributed by atoms with Crippen molar-refractivity contribution in [2.45, 2.75) is 32.5 Å². The van der Waals surface area contributed by atoms with Gasteiger partial charge in [-0.3, -0.25) is 0 Å². The molecule has 0 fully saturated rings. The van der Waals surface area contributed by atoms with Crippen LogP contribution >= 0.6 is 0 Å². The highest BCUT2D eigenvalue weighted by Gasteiger charge is 2.31. The summed E-state index contributed by atoms with van der Waals surface area (Å²) in [6.07, 6.45) is -1.54. The number of carbonyl (C=O) groups is 1. The summed E-state index contributed by atoms with van der Waals surface area (Å²) >= 11 is 0. The Hall–Kier alpha value is -2.25. The van der Waals surface area contributed by atoms with Crippen molar-refractivity contribution >= 4 is 12.2 Å². The average molecular weight is 332 g/mol. The van der Waals surface area contributed by atoms with E-state index >= 15 is 0 Å². The minimum absolute atomic E-state index is 0.0616. The third-order valence-corrected chi connectivity index (χ3v) is 2.46. The molecule has 0 aliphatic heterocycles. The summed E-state index contributed by atoms with van der Waals surface area (Å²) in [5.74, 6) is 0.0616. The van der Waals surface area contributed by atoms with Crippen LogP contribution in [0.1, 0.15) is 31.9 Å². The lowest BCUT2D eigenvalue weighted by Gasteiger charge is -2.19. The first-order valence-electron chi connectivity index (χ1n) is 6.77. The Morgan fingerprint density at radius 3 is 2.52 bits per heavy atom. The smallest absolute Gasteiger partial charge is 0.417 e. The monoisotopic (exact) mass is 332 g/mol. The van der Waals surface area contributed by atoms with Crippen LogP contribution in [0.25, 0.3) is 6.08 Å². The lowest BCUT2D eigenvalue weighted by molar-refractivity contribution is -0.137. The van der Waals surface area contributed by atoms with E-state index in [2.05, 4.69) is 10.3 Å². The average Bonchev–Trinajstić information content (AvgIpc) is 2.40. The van der Waals surface area contributed by atoms with E-state index in [1.807, 2.05) is 0 Å². The van der Waals surface area contributed by atoms with Crippen molar-refractivity contribution in [3.05, 3.63) is 29.5 Å². The molecule has 8 heteroatoms. The van der Waals surface area contributed by atoms with Gasteiger partial charge in [-0.25, -0.2) is 9.78 Å². The summed E-state index contributed by atoms with van der Waals surface area (Å²) in [6.45, 7) is 5.26. The van der Waals surface area contributed by atoms with Crippen molar-refractivity contribution in [3.63, 3.8) is 0 Å². The van der Waals surface area contributed by atoms with E-state index in [0.29, 0.717) is 6.20 Å². The third-order valence-electron chi connectivity index (χ3n) is 2.46. The quantitative estimate of drug-likeness (QED) is 0.914. The first kappa shape index (κ1) is 18.8. The van der Waals surface area contributed by atoms with Crippen molar-refractivity contribution in [1.29, 1.82) is 0 Å². The first-order chi connectivity index (χ1) is 10.5. The van der Waals surface area contributed by atoms with Gasteiger partial charge in [0.15, 0.2) is 0 Å². The molecular weight excluding hydrogens is 313 g/mol. The molecule has 0 unspecified atom stereocenters. The highest BCUT2D eigenvalue weighted by Crippen LogP contribution is 2.31. The van der Waals surface area contributed by atoms with Crippen molar-refractivity contribution in [3.8, 4) is 5.88 Å². The number of carbonyl (C=O) groups excluding carboxylic acids is 1. The number of methoxy groups -OCH3 is 1. The number of alkyl carbamates (subject to hydrolysis) is 1. The topological polar surface area (TPSA) is 60.5 Å². The van der Waals surface area contributed by atoms with Crippen LogP contribution in [0.5, 0.6) is 5.88 Å². The molecule has 0 aliphatic carbocycles. The van der Waals surface area contributed by atoms with E-state index in [4.69, 9.17) is 9.47 Å². The van der Waals surface area contributed by atoms with Crippen LogP contribution in [0.4, 0.5) is 18.0 Å². The number of pyridine rings is 1. The SMILES string of the molecule is COc1ncc(C(F)(F)F)cc1C=CCNC(=O)OC(C)(C)C. The fourth-order valence-corrected chi connectivity index (χ4v) is 1.56. The number of aromatic nitrogens is 1. The number of hydrogen-bond acceptors (Lipinski definition) is 4. The number of amides is 1. The van der Waals surface area contributed by atoms with E-state index in [9.17, 15) is 18.0 Å². The third kappa shape index (κ3) is 6.58. The Labute approximate surface area is 132 Å². The van der Waals surface area contributed by atoms with Crippen LogP contribution in [0, 0.1) is 0 Å². The molecule has 1 N–H and O–H groups in total. The maximum atomic E-state index is 12.7. The molecule has 1 aromatic heterocycles. The van der Waals surface area contributed by atoms with Crippen molar-refractivity contribution < 1.29 is 27.4 Å². The van der Waals surface area contributed by atoms with Crippen molar-refractivity contribution in [1.82, 2.24) is 10.3 Å². The second-order valence-corrected chi connectivity index (χ2v) is 5.61. The summed E-state index contributed by atoms with van der Waals surface area (Å²) in [7, 11) is 1.31. The molecular formula is C15H19F3N2O3. The van der Waals surface area contributed by atoms with Crippen molar-refractivity contribution in [2.24, 2.45) is 0 Å². The molecule has 0 radical (unpaired) electrons. The molecule has 23 heavy (non-hydrogen) atoms. The van der Waals surface area contributed by atoms with Gasteiger partial charge in [-0.2, -0.15) is 13.2 Å². The normalized spacial score (nSPS) is 12.3. The number of ether oxygens (including phenoxy) is 2. The highest BCUT2D eigenvalue weighted by atomic mass is 19.4. The summed E-state index contributed by atoms with van der Waals surface area (Å²) in [5, 5.41) is 2.46. The van der Waals surface area contributed by atoms with E-state index in [0.717, 1.165) is 6.07 Å². The minimum atomic E-state index is -4.49. The molecule has 128 valence electrons. The van der Waals surface area contributed by atoms with E-state index in [1.54, 1.807) is 20.8 Å². The van der Waals surface area contributed by atoms with Gasteiger partial charge in [-0.05, 0) is 26.8 Å². The lowest BCUT2D eigenvalue weighted by Crippen LogP contribution is -2.32. The van der Waals surface area contributed by atoms with Gasteiger partial charge in [0.25, 0.3) is 0 Å². The van der Waals surface area contributed by atoms with Gasteiger partial charge in [0.05, 0.1) is 12.7 Å². The van der Waals surface area contributed by atoms with Gasteiger partial charge in [0.2, 0.25) is 5.88 Å². The molecule has 1 rings (SSSR count). The molecule has 0 saturated carbocycles. The zero-order valence-electron chi connectivity index (χ0n) is 13.3. The maximum Gasteiger partial charge on any atom is 0.417 e. The van der Waals surface area contributed by atoms with Gasteiger partial charge >= 0.3 is 12.3 Å². The van der Waals surface area contributed by atoms with Gasteiger partial charge in [-0.1, -0.05) is 12.2 Å². The van der Waals surface area contributed by atoms with E-state index in [-0.39, 0.29) is 18.0 Å². The van der Waals surface area contributed by atoms with Crippen LogP contribution in [0.15, 0.2) is 18.3 Å². The number of nitrogens with one attached hydrogen (secondary N) is 1. The number of rotatable bonds is 4. The van der Waals surface area contributed by atoms with Crippen LogP contribution in [0.3, 0.4) is 0 Å².